The maximum absolute atomic E-state index is 12.4. The molecular formula is C31H29NO3S2. The Kier molecular flexibility index (Phi) is 6.87. The molecule has 2 aliphatic rings. The van der Waals surface area contributed by atoms with Crippen molar-refractivity contribution in [1.82, 2.24) is 4.98 Å². The summed E-state index contributed by atoms with van der Waals surface area (Å²) in [5.74, 6) is 3.99. The van der Waals surface area contributed by atoms with E-state index in [1.807, 2.05) is 66.8 Å². The van der Waals surface area contributed by atoms with Gasteiger partial charge in [-0.2, -0.15) is 0 Å². The quantitative estimate of drug-likeness (QED) is 0.260. The van der Waals surface area contributed by atoms with Gasteiger partial charge in [0.05, 0.1) is 20.9 Å². The van der Waals surface area contributed by atoms with Gasteiger partial charge in [-0.25, -0.2) is 4.98 Å². The average Bonchev–Trinajstić information content (AvgIpc) is 2.92. The largest absolute Gasteiger partial charge is 0.489 e. The summed E-state index contributed by atoms with van der Waals surface area (Å²) in [7, 11) is 0. The summed E-state index contributed by atoms with van der Waals surface area (Å²) in [6, 6.07) is 26.9. The number of nitrogens with zero attached hydrogens (tertiary/aromatic N) is 1. The molecule has 1 unspecified atom stereocenters. The lowest BCUT2D eigenvalue weighted by atomic mass is 9.97. The minimum Gasteiger partial charge on any atom is -0.489 e. The fourth-order valence-electron chi connectivity index (χ4n) is 5.02. The molecule has 4 aromatic rings. The van der Waals surface area contributed by atoms with E-state index in [2.05, 4.69) is 42.5 Å². The molecule has 1 atom stereocenters. The predicted molar refractivity (Wildman–Crippen MR) is 153 cm³/mol. The van der Waals surface area contributed by atoms with Crippen molar-refractivity contribution < 1.29 is 14.3 Å². The first-order chi connectivity index (χ1) is 18.1. The highest BCUT2D eigenvalue weighted by Crippen LogP contribution is 2.53. The number of ketones is 1. The van der Waals surface area contributed by atoms with Crippen LogP contribution in [0.2, 0.25) is 0 Å². The molecule has 6 rings (SSSR count). The van der Waals surface area contributed by atoms with Crippen LogP contribution in [0.5, 0.6) is 11.5 Å². The minimum atomic E-state index is -0.114. The van der Waals surface area contributed by atoms with Crippen molar-refractivity contribution in [3.63, 3.8) is 0 Å². The number of rotatable bonds is 6. The van der Waals surface area contributed by atoms with Gasteiger partial charge in [0.25, 0.3) is 0 Å². The number of benzene rings is 3. The van der Waals surface area contributed by atoms with Gasteiger partial charge in [0, 0.05) is 18.2 Å². The Labute approximate surface area is 226 Å². The van der Waals surface area contributed by atoms with E-state index in [1.165, 1.54) is 17.5 Å². The van der Waals surface area contributed by atoms with Gasteiger partial charge in [-0.15, -0.1) is 23.5 Å². The highest BCUT2D eigenvalue weighted by Gasteiger charge is 2.37. The molecule has 6 heteroatoms. The molecule has 2 aliphatic heterocycles. The fourth-order valence-corrected chi connectivity index (χ4v) is 8.39. The number of hydrogen-bond acceptors (Lipinski definition) is 6. The highest BCUT2D eigenvalue weighted by atomic mass is 32.2. The van der Waals surface area contributed by atoms with E-state index < -0.39 is 0 Å². The molecule has 0 bridgehead atoms. The SMILES string of the molecule is CC1CC(=O)c2ccc(CC3(c4cccc(OCc5ccc6ccccc6n5)c4)SCCCS3)cc2O1. The number of carbonyl (C=O) groups is 1. The van der Waals surface area contributed by atoms with Crippen LogP contribution in [0.15, 0.2) is 78.9 Å². The van der Waals surface area contributed by atoms with Crippen LogP contribution >= 0.6 is 23.5 Å². The lowest BCUT2D eigenvalue weighted by Gasteiger charge is -2.37. The van der Waals surface area contributed by atoms with Gasteiger partial charge in [-0.3, -0.25) is 4.79 Å². The van der Waals surface area contributed by atoms with Crippen LogP contribution in [0.1, 0.15) is 46.9 Å². The topological polar surface area (TPSA) is 48.4 Å². The molecule has 3 heterocycles. The summed E-state index contributed by atoms with van der Waals surface area (Å²) in [6.45, 7) is 2.39. The number of para-hydroxylation sites is 1. The Morgan fingerprint density at radius 2 is 1.86 bits per heavy atom. The maximum atomic E-state index is 12.4. The number of aromatic nitrogens is 1. The van der Waals surface area contributed by atoms with Crippen LogP contribution in [0, 0.1) is 0 Å². The first kappa shape index (κ1) is 24.4. The van der Waals surface area contributed by atoms with Crippen molar-refractivity contribution >= 4 is 40.2 Å². The lowest BCUT2D eigenvalue weighted by Crippen LogP contribution is -2.27. The van der Waals surface area contributed by atoms with Crippen LogP contribution in [0.4, 0.5) is 0 Å². The van der Waals surface area contributed by atoms with Crippen molar-refractivity contribution in [1.29, 1.82) is 0 Å². The predicted octanol–water partition coefficient (Wildman–Crippen LogP) is 7.43. The molecule has 1 saturated heterocycles. The standard InChI is InChI=1S/C31H29NO3S2/c1-21-16-29(33)27-13-10-22(17-30(27)35-21)19-31(36-14-5-15-37-31)24-7-4-8-26(18-24)34-20-25-12-11-23-6-2-3-9-28(23)32-25/h2-4,6-13,17-18,21H,5,14-16,19-20H2,1H3. The lowest BCUT2D eigenvalue weighted by molar-refractivity contribution is 0.0871. The Morgan fingerprint density at radius 3 is 2.76 bits per heavy atom. The molecule has 188 valence electrons. The minimum absolute atomic E-state index is 0.0754. The third-order valence-electron chi connectivity index (χ3n) is 6.86. The molecule has 1 aromatic heterocycles. The van der Waals surface area contributed by atoms with Gasteiger partial charge in [0.1, 0.15) is 24.2 Å². The zero-order chi connectivity index (χ0) is 25.2. The van der Waals surface area contributed by atoms with E-state index in [9.17, 15) is 4.79 Å². The highest BCUT2D eigenvalue weighted by molar-refractivity contribution is 8.18. The first-order valence-electron chi connectivity index (χ1n) is 12.8. The second kappa shape index (κ2) is 10.4. The number of carbonyl (C=O) groups excluding carboxylic acids is 1. The smallest absolute Gasteiger partial charge is 0.170 e. The molecule has 0 spiro atoms. The third kappa shape index (κ3) is 5.23. The summed E-state index contributed by atoms with van der Waals surface area (Å²) in [6.07, 6.45) is 2.44. The van der Waals surface area contributed by atoms with Crippen molar-refractivity contribution in [3.8, 4) is 11.5 Å². The number of pyridine rings is 1. The third-order valence-corrected chi connectivity index (χ3v) is 10.2. The van der Waals surface area contributed by atoms with Crippen LogP contribution in [0.25, 0.3) is 10.9 Å². The zero-order valence-electron chi connectivity index (χ0n) is 20.8. The molecule has 0 N–H and O–H groups in total. The normalized spacial score (nSPS) is 18.7. The van der Waals surface area contributed by atoms with Crippen molar-refractivity contribution in [2.24, 2.45) is 0 Å². The maximum Gasteiger partial charge on any atom is 0.170 e. The molecular weight excluding hydrogens is 498 g/mol. The van der Waals surface area contributed by atoms with E-state index in [1.54, 1.807) is 0 Å². The number of hydrogen-bond donors (Lipinski definition) is 0. The Morgan fingerprint density at radius 1 is 1.00 bits per heavy atom. The van der Waals surface area contributed by atoms with Gasteiger partial charge in [-0.1, -0.05) is 42.5 Å². The number of Topliss-reactive ketones (excluding diaryl/α,β-unsaturated/α-hetero) is 1. The van der Waals surface area contributed by atoms with E-state index in [0.29, 0.717) is 18.6 Å². The second-order valence-electron chi connectivity index (χ2n) is 9.68. The summed E-state index contributed by atoms with van der Waals surface area (Å²) < 4.78 is 12.1. The molecule has 0 aliphatic carbocycles. The number of fused-ring (bicyclic) bond motifs is 2. The molecule has 4 nitrogen and oxygen atoms in total. The van der Waals surface area contributed by atoms with Gasteiger partial charge in [-0.05, 0) is 72.4 Å². The van der Waals surface area contributed by atoms with E-state index >= 15 is 0 Å². The van der Waals surface area contributed by atoms with E-state index in [0.717, 1.165) is 46.0 Å². The summed E-state index contributed by atoms with van der Waals surface area (Å²) in [4.78, 5) is 17.2. The summed E-state index contributed by atoms with van der Waals surface area (Å²) in [5, 5.41) is 1.13. The van der Waals surface area contributed by atoms with Crippen LogP contribution in [-0.4, -0.2) is 28.4 Å². The van der Waals surface area contributed by atoms with Crippen LogP contribution in [0.3, 0.4) is 0 Å². The molecule has 0 radical (unpaired) electrons. The average molecular weight is 528 g/mol. The first-order valence-corrected chi connectivity index (χ1v) is 14.7. The van der Waals surface area contributed by atoms with Crippen LogP contribution in [-0.2, 0) is 17.1 Å². The monoisotopic (exact) mass is 527 g/mol. The molecule has 0 saturated carbocycles. The van der Waals surface area contributed by atoms with Gasteiger partial charge < -0.3 is 9.47 Å². The van der Waals surface area contributed by atoms with Crippen LogP contribution < -0.4 is 9.47 Å². The number of ether oxygens (including phenoxy) is 2. The van der Waals surface area contributed by atoms with E-state index in [-0.39, 0.29) is 16.0 Å². The second-order valence-corrected chi connectivity index (χ2v) is 12.7. The zero-order valence-corrected chi connectivity index (χ0v) is 22.4. The van der Waals surface area contributed by atoms with Gasteiger partial charge in [0.2, 0.25) is 0 Å². The van der Waals surface area contributed by atoms with E-state index in [4.69, 9.17) is 14.5 Å². The summed E-state index contributed by atoms with van der Waals surface area (Å²) in [5.41, 5.74) is 5.05. The number of thioether (sulfide) groups is 2. The molecule has 3 aromatic carbocycles. The summed E-state index contributed by atoms with van der Waals surface area (Å²) >= 11 is 4.02. The van der Waals surface area contributed by atoms with Crippen molar-refractivity contribution in [3.05, 3.63) is 101 Å². The van der Waals surface area contributed by atoms with Gasteiger partial charge >= 0.3 is 0 Å². The van der Waals surface area contributed by atoms with Crippen molar-refractivity contribution in [2.45, 2.75) is 43.0 Å². The fraction of sp³-hybridized carbons (Fsp3) is 0.290. The van der Waals surface area contributed by atoms with Crippen molar-refractivity contribution in [2.75, 3.05) is 11.5 Å². The molecule has 37 heavy (non-hydrogen) atoms. The molecule has 1 fully saturated rings. The Hall–Kier alpha value is -2.96. The molecule has 0 amide bonds. The van der Waals surface area contributed by atoms with Gasteiger partial charge in [0.15, 0.2) is 5.78 Å². The Balaban J connectivity index is 1.24. The Bertz CT molecular complexity index is 1450.